The van der Waals surface area contributed by atoms with E-state index in [1.54, 1.807) is 24.3 Å². The number of non-ortho nitro benzene ring substituents is 1. The van der Waals surface area contributed by atoms with Crippen LogP contribution in [0.25, 0.3) is 0 Å². The van der Waals surface area contributed by atoms with E-state index < -0.39 is 22.3 Å². The fourth-order valence-corrected chi connectivity index (χ4v) is 2.02. The molecule has 0 aliphatic carbocycles. The van der Waals surface area contributed by atoms with E-state index in [0.717, 1.165) is 22.7 Å². The second-order valence-electron chi connectivity index (χ2n) is 4.09. The molecule has 2 rings (SSSR count). The first kappa shape index (κ1) is 15.1. The molecule has 0 spiro atoms. The van der Waals surface area contributed by atoms with Gasteiger partial charge in [-0.3, -0.25) is 10.1 Å². The molecule has 7 heteroatoms. The summed E-state index contributed by atoms with van der Waals surface area (Å²) in [6, 6.07) is 9.79. The third-order valence-corrected chi connectivity index (χ3v) is 3.47. The number of rotatable bonds is 4. The number of benzene rings is 2. The molecule has 0 fully saturated rings. The van der Waals surface area contributed by atoms with Crippen LogP contribution in [0.2, 0.25) is 0 Å². The maximum Gasteiger partial charge on any atom is 0.341 e. The van der Waals surface area contributed by atoms with Gasteiger partial charge in [0.25, 0.3) is 5.69 Å². The average Bonchev–Trinajstić information content (AvgIpc) is 2.46. The standard InChI is InChI=1S/C14H9BrFNO4/c15-12-4-2-1-3-9(12)8-21-14(18)11-7-10(17(19)20)5-6-13(11)16/h1-7H,8H2. The monoisotopic (exact) mass is 353 g/mol. The van der Waals surface area contributed by atoms with Crippen molar-refractivity contribution in [1.82, 2.24) is 0 Å². The van der Waals surface area contributed by atoms with Gasteiger partial charge in [-0.2, -0.15) is 0 Å². The Morgan fingerprint density at radius 3 is 2.67 bits per heavy atom. The Morgan fingerprint density at radius 1 is 1.29 bits per heavy atom. The Labute approximate surface area is 127 Å². The highest BCUT2D eigenvalue weighted by Crippen LogP contribution is 2.20. The number of hydrogen-bond acceptors (Lipinski definition) is 4. The van der Waals surface area contributed by atoms with Gasteiger partial charge >= 0.3 is 5.97 Å². The summed E-state index contributed by atoms with van der Waals surface area (Å²) >= 11 is 3.29. The van der Waals surface area contributed by atoms with E-state index in [1.165, 1.54) is 0 Å². The zero-order valence-electron chi connectivity index (χ0n) is 10.6. The Hall–Kier alpha value is -2.28. The van der Waals surface area contributed by atoms with E-state index in [0.29, 0.717) is 5.56 Å². The number of nitro groups is 1. The summed E-state index contributed by atoms with van der Waals surface area (Å²) in [4.78, 5) is 21.8. The van der Waals surface area contributed by atoms with Crippen LogP contribution in [0.15, 0.2) is 46.9 Å². The van der Waals surface area contributed by atoms with E-state index in [-0.39, 0.29) is 12.3 Å². The molecule has 0 atom stereocenters. The molecule has 0 saturated carbocycles. The average molecular weight is 354 g/mol. The van der Waals surface area contributed by atoms with Gasteiger partial charge in [-0.05, 0) is 12.1 Å². The van der Waals surface area contributed by atoms with Gasteiger partial charge in [0.2, 0.25) is 0 Å². The molecule has 2 aromatic carbocycles. The lowest BCUT2D eigenvalue weighted by molar-refractivity contribution is -0.384. The number of esters is 1. The number of carbonyl (C=O) groups is 1. The number of carbonyl (C=O) groups excluding carboxylic acids is 1. The van der Waals surface area contributed by atoms with Gasteiger partial charge in [0.1, 0.15) is 18.0 Å². The number of hydrogen-bond donors (Lipinski definition) is 0. The summed E-state index contributed by atoms with van der Waals surface area (Å²) in [7, 11) is 0. The van der Waals surface area contributed by atoms with E-state index in [1.807, 2.05) is 0 Å². The van der Waals surface area contributed by atoms with E-state index in [4.69, 9.17) is 4.74 Å². The van der Waals surface area contributed by atoms with Gasteiger partial charge in [0.15, 0.2) is 0 Å². The second-order valence-corrected chi connectivity index (χ2v) is 4.94. The predicted octanol–water partition coefficient (Wildman–Crippen LogP) is 3.85. The summed E-state index contributed by atoms with van der Waals surface area (Å²) in [6.45, 7) is -0.0671. The summed E-state index contributed by atoms with van der Waals surface area (Å²) in [5.74, 6) is -1.82. The molecule has 0 N–H and O–H groups in total. The molecule has 21 heavy (non-hydrogen) atoms. The lowest BCUT2D eigenvalue weighted by Crippen LogP contribution is -2.08. The van der Waals surface area contributed by atoms with Gasteiger partial charge < -0.3 is 4.74 Å². The Balaban J connectivity index is 2.15. The zero-order valence-corrected chi connectivity index (χ0v) is 12.2. The van der Waals surface area contributed by atoms with Gasteiger partial charge in [-0.1, -0.05) is 34.1 Å². The van der Waals surface area contributed by atoms with Crippen LogP contribution in [0.5, 0.6) is 0 Å². The van der Waals surface area contributed by atoms with Crippen molar-refractivity contribution in [3.05, 3.63) is 74.0 Å². The zero-order chi connectivity index (χ0) is 15.4. The molecule has 2 aromatic rings. The smallest absolute Gasteiger partial charge is 0.341 e. The summed E-state index contributed by atoms with van der Waals surface area (Å²) < 4.78 is 19.3. The number of ether oxygens (including phenoxy) is 1. The molecule has 0 unspecified atom stereocenters. The quantitative estimate of drug-likeness (QED) is 0.475. The van der Waals surface area contributed by atoms with Crippen molar-refractivity contribution in [1.29, 1.82) is 0 Å². The highest BCUT2D eigenvalue weighted by Gasteiger charge is 2.18. The first-order chi connectivity index (χ1) is 9.99. The van der Waals surface area contributed by atoms with Crippen LogP contribution in [-0.2, 0) is 11.3 Å². The van der Waals surface area contributed by atoms with Crippen molar-refractivity contribution >= 4 is 27.6 Å². The molecule has 0 aliphatic rings. The van der Waals surface area contributed by atoms with Crippen LogP contribution in [-0.4, -0.2) is 10.9 Å². The molecule has 0 amide bonds. The Kier molecular flexibility index (Phi) is 4.64. The SMILES string of the molecule is O=C(OCc1ccccc1Br)c1cc([N+](=O)[O-])ccc1F. The van der Waals surface area contributed by atoms with Crippen molar-refractivity contribution < 1.29 is 18.8 Å². The van der Waals surface area contributed by atoms with Gasteiger partial charge in [-0.25, -0.2) is 9.18 Å². The van der Waals surface area contributed by atoms with Crippen LogP contribution in [0.1, 0.15) is 15.9 Å². The highest BCUT2D eigenvalue weighted by molar-refractivity contribution is 9.10. The number of nitro benzene ring substituents is 1. The molecular formula is C14H9BrFNO4. The van der Waals surface area contributed by atoms with Crippen molar-refractivity contribution in [2.24, 2.45) is 0 Å². The van der Waals surface area contributed by atoms with Crippen molar-refractivity contribution in [2.75, 3.05) is 0 Å². The van der Waals surface area contributed by atoms with E-state index in [9.17, 15) is 19.3 Å². The largest absolute Gasteiger partial charge is 0.457 e. The molecule has 108 valence electrons. The van der Waals surface area contributed by atoms with Gasteiger partial charge in [0.05, 0.1) is 4.92 Å². The first-order valence-corrected chi connectivity index (χ1v) is 6.63. The lowest BCUT2D eigenvalue weighted by atomic mass is 10.2. The maximum absolute atomic E-state index is 13.6. The molecule has 0 radical (unpaired) electrons. The lowest BCUT2D eigenvalue weighted by Gasteiger charge is -2.07. The Morgan fingerprint density at radius 2 is 2.00 bits per heavy atom. The van der Waals surface area contributed by atoms with Gasteiger partial charge in [0, 0.05) is 22.2 Å². The van der Waals surface area contributed by atoms with Crippen LogP contribution >= 0.6 is 15.9 Å². The third-order valence-electron chi connectivity index (χ3n) is 2.70. The van der Waals surface area contributed by atoms with Crippen LogP contribution in [0.4, 0.5) is 10.1 Å². The molecule has 0 bridgehead atoms. The predicted molar refractivity (Wildman–Crippen MR) is 76.3 cm³/mol. The van der Waals surface area contributed by atoms with Crippen molar-refractivity contribution in [3.63, 3.8) is 0 Å². The van der Waals surface area contributed by atoms with Crippen molar-refractivity contribution in [3.8, 4) is 0 Å². The fraction of sp³-hybridized carbons (Fsp3) is 0.0714. The topological polar surface area (TPSA) is 69.4 Å². The molecular weight excluding hydrogens is 345 g/mol. The third kappa shape index (κ3) is 3.63. The maximum atomic E-state index is 13.6. The van der Waals surface area contributed by atoms with Crippen LogP contribution in [0.3, 0.4) is 0 Å². The number of nitrogens with zero attached hydrogens (tertiary/aromatic N) is 1. The van der Waals surface area contributed by atoms with E-state index >= 15 is 0 Å². The summed E-state index contributed by atoms with van der Waals surface area (Å²) in [5, 5.41) is 10.6. The normalized spacial score (nSPS) is 10.2. The van der Waals surface area contributed by atoms with Gasteiger partial charge in [-0.15, -0.1) is 0 Å². The van der Waals surface area contributed by atoms with E-state index in [2.05, 4.69) is 15.9 Å². The van der Waals surface area contributed by atoms with Crippen molar-refractivity contribution in [2.45, 2.75) is 6.61 Å². The number of halogens is 2. The fourth-order valence-electron chi connectivity index (χ4n) is 1.62. The molecule has 0 saturated heterocycles. The minimum Gasteiger partial charge on any atom is -0.457 e. The van der Waals surface area contributed by atoms with Crippen LogP contribution < -0.4 is 0 Å². The molecule has 0 aromatic heterocycles. The summed E-state index contributed by atoms with van der Waals surface area (Å²) in [5.41, 5.74) is -0.128. The summed E-state index contributed by atoms with van der Waals surface area (Å²) in [6.07, 6.45) is 0. The second kappa shape index (κ2) is 6.45. The highest BCUT2D eigenvalue weighted by atomic mass is 79.9. The van der Waals surface area contributed by atoms with Crippen LogP contribution in [0, 0.1) is 15.9 Å². The Bertz CT molecular complexity index is 705. The molecule has 0 aliphatic heterocycles. The first-order valence-electron chi connectivity index (χ1n) is 5.83. The molecule has 5 nitrogen and oxygen atoms in total. The minimum atomic E-state index is -0.952. The molecule has 0 heterocycles. The minimum absolute atomic E-state index is 0.0671.